The van der Waals surface area contributed by atoms with E-state index in [0.29, 0.717) is 34.1 Å². The van der Waals surface area contributed by atoms with E-state index in [0.717, 1.165) is 16.9 Å². The van der Waals surface area contributed by atoms with Crippen LogP contribution >= 0.6 is 0 Å². The Balaban J connectivity index is 1.68. The second-order valence-electron chi connectivity index (χ2n) is 8.75. The smallest absolute Gasteiger partial charge is 0.170 e. The van der Waals surface area contributed by atoms with Crippen LogP contribution in [0.1, 0.15) is 30.6 Å². The molecule has 4 aromatic rings. The Labute approximate surface area is 197 Å². The number of Topliss-reactive ketones (excluding diaryl/α,β-unsaturated/α-hetero) is 1. The lowest BCUT2D eigenvalue weighted by atomic mass is 9.91. The van der Waals surface area contributed by atoms with Gasteiger partial charge < -0.3 is 14.6 Å². The lowest BCUT2D eigenvalue weighted by Crippen LogP contribution is -2.35. The molecule has 0 radical (unpaired) electrons. The molecule has 0 amide bonds. The number of ketones is 1. The highest BCUT2D eigenvalue weighted by molar-refractivity contribution is 6.02. The van der Waals surface area contributed by atoms with Crippen molar-refractivity contribution in [3.63, 3.8) is 0 Å². The summed E-state index contributed by atoms with van der Waals surface area (Å²) in [7, 11) is 1.62. The molecule has 0 spiro atoms. The predicted octanol–water partition coefficient (Wildman–Crippen LogP) is 5.33. The first-order valence-electron chi connectivity index (χ1n) is 10.9. The Morgan fingerprint density at radius 2 is 1.62 bits per heavy atom. The fourth-order valence-corrected chi connectivity index (χ4v) is 4.02. The molecule has 0 fully saturated rings. The van der Waals surface area contributed by atoms with Gasteiger partial charge in [0, 0.05) is 35.2 Å². The van der Waals surface area contributed by atoms with Gasteiger partial charge in [0.15, 0.2) is 11.6 Å². The molecule has 1 N–H and O–H groups in total. The predicted molar refractivity (Wildman–Crippen MR) is 128 cm³/mol. The van der Waals surface area contributed by atoms with E-state index < -0.39 is 5.60 Å². The quantitative estimate of drug-likeness (QED) is 0.446. The molecule has 34 heavy (non-hydrogen) atoms. The second kappa shape index (κ2) is 8.26. The SMILES string of the molecule is COc1ccc(-c2cc(-c3cc4c(cc3O)OC(C)(C)CC4=O)nc(-c3ccncc3)n2)cc1. The summed E-state index contributed by atoms with van der Waals surface area (Å²) in [4.78, 5) is 26.4. The van der Waals surface area contributed by atoms with Gasteiger partial charge in [-0.05, 0) is 62.4 Å². The number of carbonyl (C=O) groups excluding carboxylic acids is 1. The van der Waals surface area contributed by atoms with E-state index in [4.69, 9.17) is 19.4 Å². The van der Waals surface area contributed by atoms with E-state index in [9.17, 15) is 9.90 Å². The van der Waals surface area contributed by atoms with Gasteiger partial charge in [-0.1, -0.05) is 0 Å². The molecular formula is C27H23N3O4. The van der Waals surface area contributed by atoms with E-state index >= 15 is 0 Å². The standard InChI is InChI=1S/C27H23N3O4/c1-27(2)15-24(32)20-12-19(23(31)14-25(20)34-27)22-13-21(16-4-6-18(33-3)7-5-16)29-26(30-22)17-8-10-28-11-9-17/h4-14,31H,15H2,1-3H3. The van der Waals surface area contributed by atoms with Crippen LogP contribution in [0.25, 0.3) is 33.9 Å². The fourth-order valence-electron chi connectivity index (χ4n) is 4.02. The molecule has 0 atom stereocenters. The first-order chi connectivity index (χ1) is 16.3. The molecule has 2 aromatic heterocycles. The largest absolute Gasteiger partial charge is 0.507 e. The molecule has 1 aliphatic rings. The topological polar surface area (TPSA) is 94.4 Å². The number of phenolic OH excluding ortho intramolecular Hbond substituents is 1. The van der Waals surface area contributed by atoms with Crippen LogP contribution in [0.15, 0.2) is 67.0 Å². The number of hydrogen-bond acceptors (Lipinski definition) is 7. The van der Waals surface area contributed by atoms with Crippen LogP contribution < -0.4 is 9.47 Å². The van der Waals surface area contributed by atoms with Crippen LogP contribution in [-0.2, 0) is 0 Å². The van der Waals surface area contributed by atoms with Crippen LogP contribution in [0, 0.1) is 0 Å². The number of fused-ring (bicyclic) bond motifs is 1. The van der Waals surface area contributed by atoms with Crippen molar-refractivity contribution < 1.29 is 19.4 Å². The van der Waals surface area contributed by atoms with Crippen molar-refractivity contribution in [3.05, 3.63) is 72.6 Å². The number of methoxy groups -OCH3 is 1. The summed E-state index contributed by atoms with van der Waals surface area (Å²) in [6.45, 7) is 3.71. The molecule has 0 bridgehead atoms. The number of carbonyl (C=O) groups is 1. The van der Waals surface area contributed by atoms with Gasteiger partial charge >= 0.3 is 0 Å². The molecule has 3 heterocycles. The van der Waals surface area contributed by atoms with Gasteiger partial charge in [-0.25, -0.2) is 9.97 Å². The molecule has 170 valence electrons. The molecule has 0 aliphatic carbocycles. The lowest BCUT2D eigenvalue weighted by Gasteiger charge is -2.31. The van der Waals surface area contributed by atoms with Crippen LogP contribution in [0.5, 0.6) is 17.2 Å². The minimum absolute atomic E-state index is 0.0238. The Hall–Kier alpha value is -4.26. The number of pyridine rings is 1. The molecule has 7 heteroatoms. The van der Waals surface area contributed by atoms with Crippen molar-refractivity contribution in [2.75, 3.05) is 7.11 Å². The highest BCUT2D eigenvalue weighted by atomic mass is 16.5. The van der Waals surface area contributed by atoms with Gasteiger partial charge in [0.05, 0.1) is 30.5 Å². The zero-order chi connectivity index (χ0) is 23.9. The van der Waals surface area contributed by atoms with E-state index in [1.165, 1.54) is 6.07 Å². The maximum atomic E-state index is 12.8. The van der Waals surface area contributed by atoms with Crippen LogP contribution in [0.2, 0.25) is 0 Å². The number of benzene rings is 2. The van der Waals surface area contributed by atoms with E-state index in [-0.39, 0.29) is 18.0 Å². The molecule has 1 aliphatic heterocycles. The van der Waals surface area contributed by atoms with E-state index in [2.05, 4.69) is 4.98 Å². The molecule has 7 nitrogen and oxygen atoms in total. The number of phenols is 1. The number of aromatic hydroxyl groups is 1. The van der Waals surface area contributed by atoms with E-state index in [1.54, 1.807) is 31.6 Å². The summed E-state index contributed by atoms with van der Waals surface area (Å²) >= 11 is 0. The number of rotatable bonds is 4. The van der Waals surface area contributed by atoms with Gasteiger partial charge in [0.1, 0.15) is 22.8 Å². The minimum atomic E-state index is -0.622. The number of ether oxygens (including phenoxy) is 2. The Morgan fingerprint density at radius 1 is 0.912 bits per heavy atom. The van der Waals surface area contributed by atoms with Crippen molar-refractivity contribution in [1.29, 1.82) is 0 Å². The summed E-state index contributed by atoms with van der Waals surface area (Å²) in [6.07, 6.45) is 3.60. The molecular weight excluding hydrogens is 430 g/mol. The zero-order valence-corrected chi connectivity index (χ0v) is 19.1. The second-order valence-corrected chi connectivity index (χ2v) is 8.75. The van der Waals surface area contributed by atoms with Gasteiger partial charge in [-0.3, -0.25) is 9.78 Å². The maximum Gasteiger partial charge on any atom is 0.170 e. The Kier molecular flexibility index (Phi) is 5.24. The normalized spacial score (nSPS) is 14.3. The molecule has 0 saturated heterocycles. The molecule has 5 rings (SSSR count). The number of hydrogen-bond donors (Lipinski definition) is 1. The fraction of sp³-hybridized carbons (Fsp3) is 0.185. The van der Waals surface area contributed by atoms with Crippen LogP contribution in [0.3, 0.4) is 0 Å². The Bertz CT molecular complexity index is 1380. The minimum Gasteiger partial charge on any atom is -0.507 e. The van der Waals surface area contributed by atoms with Crippen molar-refractivity contribution in [1.82, 2.24) is 15.0 Å². The van der Waals surface area contributed by atoms with Gasteiger partial charge in [0.25, 0.3) is 0 Å². The van der Waals surface area contributed by atoms with Gasteiger partial charge in [-0.15, -0.1) is 0 Å². The summed E-state index contributed by atoms with van der Waals surface area (Å²) < 4.78 is 11.2. The third-order valence-electron chi connectivity index (χ3n) is 5.70. The third kappa shape index (κ3) is 4.08. The third-order valence-corrected chi connectivity index (χ3v) is 5.70. The molecule has 0 saturated carbocycles. The first-order valence-corrected chi connectivity index (χ1v) is 10.9. The average Bonchev–Trinajstić information content (AvgIpc) is 2.83. The summed E-state index contributed by atoms with van der Waals surface area (Å²) in [5, 5.41) is 10.9. The van der Waals surface area contributed by atoms with Crippen molar-refractivity contribution in [2.45, 2.75) is 25.9 Å². The molecule has 2 aromatic carbocycles. The first kappa shape index (κ1) is 21.6. The Morgan fingerprint density at radius 3 is 2.32 bits per heavy atom. The van der Waals surface area contributed by atoms with Crippen molar-refractivity contribution in [3.8, 4) is 51.2 Å². The van der Waals surface area contributed by atoms with Gasteiger partial charge in [-0.2, -0.15) is 0 Å². The monoisotopic (exact) mass is 453 g/mol. The average molecular weight is 453 g/mol. The number of aromatic nitrogens is 3. The zero-order valence-electron chi connectivity index (χ0n) is 19.1. The lowest BCUT2D eigenvalue weighted by molar-refractivity contribution is 0.0619. The van der Waals surface area contributed by atoms with Crippen molar-refractivity contribution >= 4 is 5.78 Å². The van der Waals surface area contributed by atoms with Gasteiger partial charge in [0.2, 0.25) is 0 Å². The molecule has 0 unspecified atom stereocenters. The van der Waals surface area contributed by atoms with Crippen molar-refractivity contribution in [2.24, 2.45) is 0 Å². The maximum absolute atomic E-state index is 12.8. The van der Waals surface area contributed by atoms with E-state index in [1.807, 2.05) is 50.2 Å². The van der Waals surface area contributed by atoms with Crippen LogP contribution in [0.4, 0.5) is 0 Å². The highest BCUT2D eigenvalue weighted by Gasteiger charge is 2.33. The van der Waals surface area contributed by atoms with Crippen LogP contribution in [-0.4, -0.2) is 38.6 Å². The summed E-state index contributed by atoms with van der Waals surface area (Å²) in [5.74, 6) is 1.53. The summed E-state index contributed by atoms with van der Waals surface area (Å²) in [6, 6.07) is 16.1. The highest BCUT2D eigenvalue weighted by Crippen LogP contribution is 2.41. The summed E-state index contributed by atoms with van der Waals surface area (Å²) in [5.41, 5.74) is 3.04. The number of nitrogens with zero attached hydrogens (tertiary/aromatic N) is 3.